The van der Waals surface area contributed by atoms with Gasteiger partial charge in [0.15, 0.2) is 14.1 Å². The fraction of sp³-hybridized carbons (Fsp3) is 0.520. The lowest BCUT2D eigenvalue weighted by molar-refractivity contribution is -0.342. The lowest BCUT2D eigenvalue weighted by Gasteiger charge is -2.67. The molecule has 9 unspecified atom stereocenters. The Hall–Kier alpha value is -4.50. The molecule has 1 aliphatic heterocycles. The van der Waals surface area contributed by atoms with Crippen molar-refractivity contribution in [1.82, 2.24) is 5.32 Å². The Kier molecular flexibility index (Phi) is 12.9. The van der Waals surface area contributed by atoms with Gasteiger partial charge in [0.05, 0.1) is 41.8 Å². The molecule has 1 heterocycles. The van der Waals surface area contributed by atoms with Crippen LogP contribution in [-0.4, -0.2) is 95.6 Å². The summed E-state index contributed by atoms with van der Waals surface area (Å²) in [5, 5.41) is 42.3. The molecule has 11 atom stereocenters. The van der Waals surface area contributed by atoms with E-state index < -0.39 is 102 Å². The Bertz CT molecular complexity index is 2210. The number of benzene rings is 3. The Morgan fingerprint density at radius 1 is 0.857 bits per heavy atom. The van der Waals surface area contributed by atoms with Gasteiger partial charge < -0.3 is 39.3 Å². The maximum atomic E-state index is 15.6. The Morgan fingerprint density at radius 3 is 1.95 bits per heavy atom. The summed E-state index contributed by atoms with van der Waals surface area (Å²) < 4.78 is 26.2. The summed E-state index contributed by atoms with van der Waals surface area (Å²) in [6.07, 6.45) is -6.57. The Balaban J connectivity index is 1.35. The quantitative estimate of drug-likeness (QED) is 0.0798. The molecule has 1 amide bonds. The highest BCUT2D eigenvalue weighted by Crippen LogP contribution is 2.64. The number of amides is 1. The molecule has 2 saturated carbocycles. The molecular weight excluding hydrogens is 819 g/mol. The van der Waals surface area contributed by atoms with Gasteiger partial charge in [-0.1, -0.05) is 101 Å². The molecule has 3 aromatic carbocycles. The van der Waals surface area contributed by atoms with E-state index in [0.29, 0.717) is 16.7 Å². The van der Waals surface area contributed by atoms with Crippen LogP contribution in [0.4, 0.5) is 0 Å². The molecule has 63 heavy (non-hydrogen) atoms. The van der Waals surface area contributed by atoms with E-state index in [1.54, 1.807) is 120 Å². The van der Waals surface area contributed by atoms with Crippen LogP contribution in [0.5, 0.6) is 0 Å². The number of esters is 2. The topological polar surface area (TPSA) is 178 Å². The predicted molar refractivity (Wildman–Crippen MR) is 238 cm³/mol. The number of nitrogens with one attached hydrogen (secondary N) is 1. The van der Waals surface area contributed by atoms with Gasteiger partial charge in [0.1, 0.15) is 29.5 Å². The minimum atomic E-state index is -2.50. The lowest BCUT2D eigenvalue weighted by atomic mass is 9.44. The summed E-state index contributed by atoms with van der Waals surface area (Å²) in [4.78, 5) is 58.1. The van der Waals surface area contributed by atoms with E-state index in [9.17, 15) is 29.7 Å². The zero-order chi connectivity index (χ0) is 45.7. The predicted octanol–water partition coefficient (Wildman–Crippen LogP) is 6.90. The number of rotatable bonds is 13. The summed E-state index contributed by atoms with van der Waals surface area (Å²) >= 11 is 0. The van der Waals surface area contributed by atoms with E-state index in [4.69, 9.17) is 18.6 Å². The van der Waals surface area contributed by atoms with Gasteiger partial charge in [-0.2, -0.15) is 0 Å². The van der Waals surface area contributed by atoms with Gasteiger partial charge in [0.2, 0.25) is 0 Å². The fourth-order valence-corrected chi connectivity index (χ4v) is 14.1. The maximum Gasteiger partial charge on any atom is 0.338 e. The van der Waals surface area contributed by atoms with E-state index in [2.05, 4.69) is 26.1 Å². The first-order valence-electron chi connectivity index (χ1n) is 22.4. The fourth-order valence-electron chi connectivity index (χ4n) is 11.2. The molecule has 2 bridgehead atoms. The molecule has 3 aromatic rings. The van der Waals surface area contributed by atoms with Gasteiger partial charge >= 0.3 is 11.9 Å². The number of aliphatic hydroxyl groups excluding tert-OH is 1. The second-order valence-electron chi connectivity index (χ2n) is 18.9. The van der Waals surface area contributed by atoms with Crippen molar-refractivity contribution < 1.29 is 53.1 Å². The first-order valence-corrected chi connectivity index (χ1v) is 24.9. The third-order valence-corrected chi connectivity index (χ3v) is 20.2. The van der Waals surface area contributed by atoms with Gasteiger partial charge in [-0.3, -0.25) is 14.4 Å². The summed E-state index contributed by atoms with van der Waals surface area (Å²) in [7, 11) is -2.50. The van der Waals surface area contributed by atoms with E-state index in [1.807, 2.05) is 6.07 Å². The number of Topliss-reactive ketones (excluding diaryl/α,β-unsaturated/α-hetero) is 1. The van der Waals surface area contributed by atoms with E-state index in [-0.39, 0.29) is 30.6 Å². The van der Waals surface area contributed by atoms with Gasteiger partial charge in [-0.25, -0.2) is 4.79 Å². The largest absolute Gasteiger partial charge is 0.457 e. The number of hydrogen-bond donors (Lipinski definition) is 4. The van der Waals surface area contributed by atoms with Gasteiger partial charge in [0, 0.05) is 29.7 Å². The number of hydrogen-bond acceptors (Lipinski definition) is 11. The van der Waals surface area contributed by atoms with Gasteiger partial charge in [-0.05, 0) is 79.9 Å². The van der Waals surface area contributed by atoms with E-state index in [1.165, 1.54) is 0 Å². The molecule has 3 fully saturated rings. The number of aliphatic hydroxyl groups is 3. The summed E-state index contributed by atoms with van der Waals surface area (Å²) in [5.74, 6) is -4.88. The number of fused-ring (bicyclic) bond motifs is 5. The molecular formula is C50H63NO11Si. The van der Waals surface area contributed by atoms with Crippen LogP contribution in [0, 0.1) is 22.7 Å². The maximum absolute atomic E-state index is 15.6. The molecule has 12 nitrogen and oxygen atoms in total. The third kappa shape index (κ3) is 7.72. The van der Waals surface area contributed by atoms with Crippen LogP contribution in [0.2, 0.25) is 18.1 Å². The lowest BCUT2D eigenvalue weighted by Crippen LogP contribution is -2.81. The molecule has 1 saturated heterocycles. The van der Waals surface area contributed by atoms with Crippen molar-refractivity contribution in [2.45, 2.75) is 134 Å². The normalized spacial score (nSPS) is 32.1. The van der Waals surface area contributed by atoms with Crippen molar-refractivity contribution in [2.75, 3.05) is 6.61 Å². The number of carbonyl (C=O) groups is 4. The van der Waals surface area contributed by atoms with Crippen LogP contribution in [0.15, 0.2) is 102 Å². The monoisotopic (exact) mass is 881 g/mol. The van der Waals surface area contributed by atoms with Crippen molar-refractivity contribution in [1.29, 1.82) is 0 Å². The molecule has 0 spiro atoms. The Labute approximate surface area is 371 Å². The highest BCUT2D eigenvalue weighted by Gasteiger charge is 2.77. The van der Waals surface area contributed by atoms with E-state index >= 15 is 4.79 Å². The molecule has 3 aliphatic carbocycles. The average Bonchev–Trinajstić information content (AvgIpc) is 3.28. The number of ketones is 1. The van der Waals surface area contributed by atoms with Crippen LogP contribution in [-0.2, 0) is 28.2 Å². The molecule has 0 aromatic heterocycles. The smallest absolute Gasteiger partial charge is 0.338 e. The van der Waals surface area contributed by atoms with Crippen LogP contribution in [0.25, 0.3) is 0 Å². The second kappa shape index (κ2) is 17.5. The van der Waals surface area contributed by atoms with E-state index in [0.717, 1.165) is 18.1 Å². The molecule has 13 heteroatoms. The summed E-state index contributed by atoms with van der Waals surface area (Å²) in [6, 6.07) is 27.4. The average molecular weight is 882 g/mol. The standard InChI is InChI=1S/C50H63NO11Si/c1-9-63(10-2,11-3)62-36-27-37-49(57,29-59-37)41-43(61-46(56)34-25-19-14-20-26-34)50(58)28-35(30(4)38(47(50,6)7)40(52)42(53)48(36,41)8)60-45(55)31(5)39(32-21-15-12-16-22-32)51-44(54)33-23-17-13-18-24-33/h12-26,31,35-37,39-41,43,52,57-58H,9-11,27-29H2,1-8H3,(H,51,54)/t31-,35?,36?,37?,39?,40?,41?,43?,48-,49?,50?/m1/s1. The Morgan fingerprint density at radius 2 is 1.41 bits per heavy atom. The molecule has 338 valence electrons. The van der Waals surface area contributed by atoms with Crippen molar-refractivity contribution in [3.8, 4) is 0 Å². The van der Waals surface area contributed by atoms with Gasteiger partial charge in [-0.15, -0.1) is 0 Å². The first-order chi connectivity index (χ1) is 29.8. The van der Waals surface area contributed by atoms with Crippen molar-refractivity contribution in [3.05, 3.63) is 119 Å². The molecule has 7 rings (SSSR count). The van der Waals surface area contributed by atoms with Crippen LogP contribution in [0.3, 0.4) is 0 Å². The molecule has 0 radical (unpaired) electrons. The minimum Gasteiger partial charge on any atom is -0.457 e. The van der Waals surface area contributed by atoms with Gasteiger partial charge in [0.25, 0.3) is 5.91 Å². The molecule has 4 N–H and O–H groups in total. The highest BCUT2D eigenvalue weighted by atomic mass is 28.4. The summed E-state index contributed by atoms with van der Waals surface area (Å²) in [6.45, 7) is 14.3. The van der Waals surface area contributed by atoms with Crippen molar-refractivity contribution in [3.63, 3.8) is 0 Å². The first kappa shape index (κ1) is 46.5. The third-order valence-electron chi connectivity index (χ3n) is 15.5. The zero-order valence-corrected chi connectivity index (χ0v) is 38.6. The van der Waals surface area contributed by atoms with Crippen LogP contribution in [0.1, 0.15) is 101 Å². The highest BCUT2D eigenvalue weighted by molar-refractivity contribution is 6.73. The number of ether oxygens (including phenoxy) is 3. The minimum absolute atomic E-state index is 0.131. The SMILES string of the molecule is CC[Si](CC)(CC)OC1CC2OCC2(O)C2C(OC(=O)c3ccccc3)C3(O)CC(OC(=O)[C@H](C)C(NC(=O)c4ccccc4)c4ccccc4)C(C)=C(C(O)C(=O)[C@]12C)C3(C)C. The zero-order valence-electron chi connectivity index (χ0n) is 37.6. The molecule has 4 aliphatic rings. The van der Waals surface area contributed by atoms with Crippen LogP contribution < -0.4 is 5.32 Å². The summed E-state index contributed by atoms with van der Waals surface area (Å²) in [5.41, 5.74) is -5.44. The van der Waals surface area contributed by atoms with Crippen molar-refractivity contribution >= 4 is 31.9 Å². The van der Waals surface area contributed by atoms with Crippen molar-refractivity contribution in [2.24, 2.45) is 22.7 Å². The van der Waals surface area contributed by atoms with Crippen LogP contribution >= 0.6 is 0 Å². The number of carbonyl (C=O) groups excluding carboxylic acids is 4. The second-order valence-corrected chi connectivity index (χ2v) is 23.6.